The molecule has 1 unspecified atom stereocenters. The summed E-state index contributed by atoms with van der Waals surface area (Å²) in [7, 11) is 0. The molecule has 0 aliphatic carbocycles. The Balaban J connectivity index is 1.44. The van der Waals surface area contributed by atoms with E-state index < -0.39 is 11.6 Å². The second-order valence-electron chi connectivity index (χ2n) is 8.79. The average molecular weight is 472 g/mol. The summed E-state index contributed by atoms with van der Waals surface area (Å²) in [6.07, 6.45) is 0.730. The van der Waals surface area contributed by atoms with Gasteiger partial charge in [-0.1, -0.05) is 61.5 Å². The maximum atomic E-state index is 11.8. The molecule has 0 aliphatic heterocycles. The number of rotatable bonds is 11. The van der Waals surface area contributed by atoms with Gasteiger partial charge in [-0.3, -0.25) is 0 Å². The number of carbonyl (C=O) groups is 1. The molecule has 182 valence electrons. The maximum absolute atomic E-state index is 11.8. The molecule has 1 aromatic heterocycles. The van der Waals surface area contributed by atoms with Crippen molar-refractivity contribution in [2.45, 2.75) is 45.8 Å². The minimum absolute atomic E-state index is 0.323. The molecular weight excluding hydrogens is 438 g/mol. The van der Waals surface area contributed by atoms with Crippen LogP contribution >= 0.6 is 0 Å². The summed E-state index contributed by atoms with van der Waals surface area (Å²) in [5.74, 6) is -0.162. The summed E-state index contributed by atoms with van der Waals surface area (Å²) in [5.41, 5.74) is 3.30. The van der Waals surface area contributed by atoms with Crippen molar-refractivity contribution in [3.05, 3.63) is 90.1 Å². The molecule has 5 nitrogen and oxygen atoms in total. The Hall–Kier alpha value is -3.57. The van der Waals surface area contributed by atoms with Gasteiger partial charge in [-0.15, -0.1) is 0 Å². The molecule has 0 fully saturated rings. The molecule has 3 aromatic carbocycles. The predicted molar refractivity (Wildman–Crippen MR) is 140 cm³/mol. The fourth-order valence-electron chi connectivity index (χ4n) is 4.68. The molecule has 1 heterocycles. The monoisotopic (exact) mass is 471 g/mol. The van der Waals surface area contributed by atoms with Gasteiger partial charge in [-0.05, 0) is 60.9 Å². The molecule has 1 atom stereocenters. The summed E-state index contributed by atoms with van der Waals surface area (Å²) < 4.78 is 14.0. The molecule has 0 saturated carbocycles. The number of ether oxygens (including phenoxy) is 2. The number of nitrogens with zero attached hydrogens (tertiary/aromatic N) is 1. The topological polar surface area (TPSA) is 60.7 Å². The molecule has 1 N–H and O–H groups in total. The number of aliphatic carboxylic acids is 1. The molecule has 0 aliphatic rings. The second kappa shape index (κ2) is 10.8. The van der Waals surface area contributed by atoms with Crippen LogP contribution in [-0.4, -0.2) is 34.5 Å². The lowest BCUT2D eigenvalue weighted by Crippen LogP contribution is -2.43. The van der Waals surface area contributed by atoms with Gasteiger partial charge in [0.05, 0.1) is 6.54 Å². The van der Waals surface area contributed by atoms with Crippen molar-refractivity contribution in [2.75, 3.05) is 13.2 Å². The van der Waals surface area contributed by atoms with Crippen LogP contribution in [0.15, 0.2) is 78.9 Å². The van der Waals surface area contributed by atoms with E-state index in [1.807, 2.05) is 38.1 Å². The summed E-state index contributed by atoms with van der Waals surface area (Å²) in [6, 6.07) is 26.8. The number of aryl methyl sites for hydroxylation is 1. The van der Waals surface area contributed by atoms with Crippen molar-refractivity contribution in [3.8, 4) is 17.0 Å². The minimum Gasteiger partial charge on any atom is -0.492 e. The second-order valence-corrected chi connectivity index (χ2v) is 8.79. The standard InChI is InChI=1S/C30H33NO4/c1-4-30(29(32)33,35-5-2)21-23-14-16-25(17-15-23)34-20-19-31-22(3)13-18-28(31)27-12-8-10-24-9-6-7-11-26(24)27/h6-18H,4-5,19-21H2,1-3H3,(H,32,33). The van der Waals surface area contributed by atoms with Crippen LogP contribution in [0.2, 0.25) is 0 Å². The maximum Gasteiger partial charge on any atom is 0.336 e. The first kappa shape index (κ1) is 24.6. The molecule has 0 radical (unpaired) electrons. The van der Waals surface area contributed by atoms with E-state index in [2.05, 4.69) is 66.1 Å². The van der Waals surface area contributed by atoms with Gasteiger partial charge in [0.25, 0.3) is 0 Å². The lowest BCUT2D eigenvalue weighted by molar-refractivity contribution is -0.166. The zero-order valence-electron chi connectivity index (χ0n) is 20.7. The molecule has 4 aromatic rings. The first-order valence-corrected chi connectivity index (χ1v) is 12.2. The van der Waals surface area contributed by atoms with Gasteiger partial charge in [0.1, 0.15) is 12.4 Å². The van der Waals surface area contributed by atoms with Crippen molar-refractivity contribution in [3.63, 3.8) is 0 Å². The zero-order valence-corrected chi connectivity index (χ0v) is 20.7. The lowest BCUT2D eigenvalue weighted by atomic mass is 9.91. The summed E-state index contributed by atoms with van der Waals surface area (Å²) in [5, 5.41) is 12.2. The van der Waals surface area contributed by atoms with Crippen LogP contribution < -0.4 is 4.74 Å². The average Bonchev–Trinajstić information content (AvgIpc) is 3.24. The molecule has 0 bridgehead atoms. The van der Waals surface area contributed by atoms with Crippen molar-refractivity contribution in [2.24, 2.45) is 0 Å². The fourth-order valence-corrected chi connectivity index (χ4v) is 4.68. The first-order valence-electron chi connectivity index (χ1n) is 12.2. The van der Waals surface area contributed by atoms with Gasteiger partial charge in [0.15, 0.2) is 5.60 Å². The third-order valence-electron chi connectivity index (χ3n) is 6.64. The highest BCUT2D eigenvalue weighted by molar-refractivity contribution is 5.96. The number of fused-ring (bicyclic) bond motifs is 1. The van der Waals surface area contributed by atoms with Crippen LogP contribution in [0.1, 0.15) is 31.5 Å². The number of benzene rings is 3. The number of hydrogen-bond donors (Lipinski definition) is 1. The van der Waals surface area contributed by atoms with E-state index in [1.165, 1.54) is 27.7 Å². The highest BCUT2D eigenvalue weighted by Crippen LogP contribution is 2.30. The Morgan fingerprint density at radius 1 is 0.943 bits per heavy atom. The number of carboxylic acid groups (broad SMARTS) is 1. The van der Waals surface area contributed by atoms with Gasteiger partial charge < -0.3 is 19.1 Å². The van der Waals surface area contributed by atoms with Crippen LogP contribution in [0.3, 0.4) is 0 Å². The van der Waals surface area contributed by atoms with Crippen LogP contribution in [0.25, 0.3) is 22.0 Å². The largest absolute Gasteiger partial charge is 0.492 e. The molecule has 0 spiro atoms. The number of carboxylic acids is 1. The molecule has 5 heteroatoms. The van der Waals surface area contributed by atoms with Crippen LogP contribution in [0.4, 0.5) is 0 Å². The van der Waals surface area contributed by atoms with Crippen LogP contribution in [0, 0.1) is 6.92 Å². The van der Waals surface area contributed by atoms with Gasteiger partial charge in [0, 0.05) is 30.0 Å². The molecular formula is C30H33NO4. The molecule has 0 saturated heterocycles. The van der Waals surface area contributed by atoms with E-state index in [-0.39, 0.29) is 0 Å². The van der Waals surface area contributed by atoms with Gasteiger partial charge in [0.2, 0.25) is 0 Å². The third kappa shape index (κ3) is 5.25. The predicted octanol–water partition coefficient (Wildman–Crippen LogP) is 6.51. The Morgan fingerprint density at radius 2 is 1.69 bits per heavy atom. The van der Waals surface area contributed by atoms with E-state index in [0.29, 0.717) is 26.1 Å². The molecule has 0 amide bonds. The van der Waals surface area contributed by atoms with E-state index in [9.17, 15) is 9.90 Å². The minimum atomic E-state index is -1.19. The highest BCUT2D eigenvalue weighted by Gasteiger charge is 2.37. The smallest absolute Gasteiger partial charge is 0.336 e. The Kier molecular flexibility index (Phi) is 7.57. The van der Waals surface area contributed by atoms with E-state index in [1.54, 1.807) is 0 Å². The fraction of sp³-hybridized carbons (Fsp3) is 0.300. The summed E-state index contributed by atoms with van der Waals surface area (Å²) in [6.45, 7) is 7.39. The molecule has 35 heavy (non-hydrogen) atoms. The van der Waals surface area contributed by atoms with Gasteiger partial charge >= 0.3 is 5.97 Å². The Labute approximate surface area is 206 Å². The lowest BCUT2D eigenvalue weighted by Gasteiger charge is -2.28. The van der Waals surface area contributed by atoms with E-state index in [0.717, 1.165) is 17.9 Å². The summed E-state index contributed by atoms with van der Waals surface area (Å²) in [4.78, 5) is 11.8. The van der Waals surface area contributed by atoms with Crippen molar-refractivity contribution < 1.29 is 19.4 Å². The van der Waals surface area contributed by atoms with Gasteiger partial charge in [-0.2, -0.15) is 0 Å². The van der Waals surface area contributed by atoms with Crippen molar-refractivity contribution >= 4 is 16.7 Å². The number of aromatic nitrogens is 1. The SMILES string of the molecule is CCOC(CC)(Cc1ccc(OCCn2c(C)ccc2-c2cccc3ccccc23)cc1)C(=O)O. The first-order chi connectivity index (χ1) is 17.0. The Morgan fingerprint density at radius 3 is 2.40 bits per heavy atom. The summed E-state index contributed by atoms with van der Waals surface area (Å²) >= 11 is 0. The van der Waals surface area contributed by atoms with Crippen LogP contribution in [-0.2, 0) is 22.5 Å². The van der Waals surface area contributed by atoms with Crippen molar-refractivity contribution in [1.29, 1.82) is 0 Å². The van der Waals surface area contributed by atoms with E-state index in [4.69, 9.17) is 9.47 Å². The number of hydrogen-bond acceptors (Lipinski definition) is 3. The Bertz CT molecular complexity index is 1290. The quantitative estimate of drug-likeness (QED) is 0.271. The third-order valence-corrected chi connectivity index (χ3v) is 6.64. The van der Waals surface area contributed by atoms with Gasteiger partial charge in [-0.25, -0.2) is 4.79 Å². The van der Waals surface area contributed by atoms with Crippen LogP contribution in [0.5, 0.6) is 5.75 Å². The highest BCUT2D eigenvalue weighted by atomic mass is 16.5. The van der Waals surface area contributed by atoms with Crippen molar-refractivity contribution in [1.82, 2.24) is 4.57 Å². The molecule has 4 rings (SSSR count). The van der Waals surface area contributed by atoms with E-state index >= 15 is 0 Å². The zero-order chi connectivity index (χ0) is 24.8. The normalized spacial score (nSPS) is 13.0.